The van der Waals surface area contributed by atoms with E-state index in [1.807, 2.05) is 74.5 Å². The van der Waals surface area contributed by atoms with Gasteiger partial charge in [-0.15, -0.1) is 0 Å². The third-order valence-corrected chi connectivity index (χ3v) is 4.29. The van der Waals surface area contributed by atoms with Gasteiger partial charge in [-0.25, -0.2) is 0 Å². The number of hydrogen-bond donors (Lipinski definition) is 1. The fraction of sp³-hybridized carbons (Fsp3) is 0.0952. The van der Waals surface area contributed by atoms with Crippen molar-refractivity contribution in [2.45, 2.75) is 13.8 Å². The van der Waals surface area contributed by atoms with Gasteiger partial charge in [-0.05, 0) is 38.1 Å². The molecule has 4 rings (SSSR count). The minimum atomic E-state index is -0.148. The van der Waals surface area contributed by atoms with E-state index in [1.54, 1.807) is 6.20 Å². The number of carbonyl (C=O) groups excluding carboxylic acids is 1. The fourth-order valence-electron chi connectivity index (χ4n) is 2.94. The molecular weight excluding hydrogens is 324 g/mol. The molecule has 1 aliphatic rings. The Morgan fingerprint density at radius 2 is 1.77 bits per heavy atom. The highest BCUT2D eigenvalue weighted by Gasteiger charge is 2.28. The van der Waals surface area contributed by atoms with Crippen LogP contribution in [0.5, 0.6) is 0 Å². The van der Waals surface area contributed by atoms with Crippen LogP contribution in [0.25, 0.3) is 10.9 Å². The van der Waals surface area contributed by atoms with Gasteiger partial charge in [0.05, 0.1) is 28.2 Å². The van der Waals surface area contributed by atoms with Crippen LogP contribution in [-0.4, -0.2) is 16.6 Å². The average Bonchev–Trinajstić information content (AvgIpc) is 2.95. The Kier molecular flexibility index (Phi) is 3.97. The molecule has 2 heterocycles. The van der Waals surface area contributed by atoms with Gasteiger partial charge in [-0.1, -0.05) is 36.4 Å². The number of amides is 1. The summed E-state index contributed by atoms with van der Waals surface area (Å²) in [5.74, 6) is -0.148. The number of anilines is 2. The molecule has 0 saturated carbocycles. The summed E-state index contributed by atoms with van der Waals surface area (Å²) in [5.41, 5.74) is 4.66. The van der Waals surface area contributed by atoms with E-state index in [4.69, 9.17) is 0 Å². The van der Waals surface area contributed by atoms with Gasteiger partial charge >= 0.3 is 0 Å². The monoisotopic (exact) mass is 342 g/mol. The van der Waals surface area contributed by atoms with Gasteiger partial charge in [0.25, 0.3) is 5.91 Å². The zero-order valence-corrected chi connectivity index (χ0v) is 14.6. The van der Waals surface area contributed by atoms with Crippen molar-refractivity contribution in [3.63, 3.8) is 0 Å². The van der Waals surface area contributed by atoms with Crippen molar-refractivity contribution in [3.05, 3.63) is 78.1 Å². The van der Waals surface area contributed by atoms with Gasteiger partial charge in [0.15, 0.2) is 0 Å². The second kappa shape index (κ2) is 6.44. The lowest BCUT2D eigenvalue weighted by Gasteiger charge is -2.11. The number of aromatic nitrogens is 1. The van der Waals surface area contributed by atoms with E-state index < -0.39 is 0 Å². The van der Waals surface area contributed by atoms with E-state index in [1.165, 1.54) is 5.01 Å². The number of hydrogen-bond acceptors (Lipinski definition) is 4. The fourth-order valence-corrected chi connectivity index (χ4v) is 2.94. The van der Waals surface area contributed by atoms with Crippen LogP contribution in [-0.2, 0) is 4.79 Å². The van der Waals surface area contributed by atoms with Gasteiger partial charge in [-0.3, -0.25) is 9.78 Å². The molecule has 3 aromatic rings. The Morgan fingerprint density at radius 1 is 0.962 bits per heavy atom. The van der Waals surface area contributed by atoms with Crippen molar-refractivity contribution in [1.29, 1.82) is 0 Å². The largest absolute Gasteiger partial charge is 0.359 e. The summed E-state index contributed by atoms with van der Waals surface area (Å²) in [6.07, 6.45) is 1.71. The zero-order valence-electron chi connectivity index (χ0n) is 14.6. The van der Waals surface area contributed by atoms with Crippen LogP contribution >= 0.6 is 0 Å². The van der Waals surface area contributed by atoms with Gasteiger partial charge in [0, 0.05) is 17.3 Å². The van der Waals surface area contributed by atoms with Crippen molar-refractivity contribution in [2.24, 2.45) is 5.10 Å². The van der Waals surface area contributed by atoms with Gasteiger partial charge < -0.3 is 5.32 Å². The van der Waals surface area contributed by atoms with Gasteiger partial charge in [0.1, 0.15) is 0 Å². The number of benzene rings is 2. The number of nitrogens with zero attached hydrogens (tertiary/aromatic N) is 3. The molecular formula is C21H18N4O. The molecule has 1 aromatic heterocycles. The van der Waals surface area contributed by atoms with Crippen LogP contribution in [0.2, 0.25) is 0 Å². The number of hydrazone groups is 1. The molecule has 0 unspecified atom stereocenters. The summed E-state index contributed by atoms with van der Waals surface area (Å²) in [6.45, 7) is 3.80. The molecule has 0 radical (unpaired) electrons. The predicted octanol–water partition coefficient (Wildman–Crippen LogP) is 4.26. The molecule has 128 valence electrons. The molecule has 1 amide bonds. The summed E-state index contributed by atoms with van der Waals surface area (Å²) in [7, 11) is 0. The maximum absolute atomic E-state index is 12.7. The summed E-state index contributed by atoms with van der Waals surface area (Å²) in [5, 5.41) is 10.1. The SMILES string of the molecule is CC1=NN(c2ccccc2)C(=O)/C1=C\Nc1cccc2ccc(C)nc12. The van der Waals surface area contributed by atoms with E-state index in [0.717, 1.165) is 28.0 Å². The number of fused-ring (bicyclic) bond motifs is 1. The predicted molar refractivity (Wildman–Crippen MR) is 105 cm³/mol. The highest BCUT2D eigenvalue weighted by molar-refractivity contribution is 6.29. The lowest BCUT2D eigenvalue weighted by atomic mass is 10.1. The van der Waals surface area contributed by atoms with Crippen LogP contribution < -0.4 is 10.3 Å². The zero-order chi connectivity index (χ0) is 18.1. The Hall–Kier alpha value is -3.47. The van der Waals surface area contributed by atoms with E-state index in [2.05, 4.69) is 15.4 Å². The topological polar surface area (TPSA) is 57.6 Å². The van der Waals surface area contributed by atoms with Crippen molar-refractivity contribution in [3.8, 4) is 0 Å². The highest BCUT2D eigenvalue weighted by atomic mass is 16.2. The third-order valence-electron chi connectivity index (χ3n) is 4.29. The van der Waals surface area contributed by atoms with Crippen LogP contribution in [0, 0.1) is 6.92 Å². The number of rotatable bonds is 3. The second-order valence-electron chi connectivity index (χ2n) is 6.17. The maximum Gasteiger partial charge on any atom is 0.282 e. The first kappa shape index (κ1) is 16.0. The molecule has 0 bridgehead atoms. The van der Waals surface area contributed by atoms with E-state index in [-0.39, 0.29) is 5.91 Å². The van der Waals surface area contributed by atoms with E-state index in [0.29, 0.717) is 11.3 Å². The number of aryl methyl sites for hydroxylation is 1. The van der Waals surface area contributed by atoms with E-state index >= 15 is 0 Å². The summed E-state index contributed by atoms with van der Waals surface area (Å²) in [4.78, 5) is 17.3. The molecule has 0 saturated heterocycles. The Balaban J connectivity index is 1.65. The van der Waals surface area contributed by atoms with Crippen LogP contribution in [0.3, 0.4) is 0 Å². The Morgan fingerprint density at radius 3 is 2.58 bits per heavy atom. The molecule has 5 nitrogen and oxygen atoms in total. The summed E-state index contributed by atoms with van der Waals surface area (Å²) in [6, 6.07) is 19.4. The molecule has 0 fully saturated rings. The quantitative estimate of drug-likeness (QED) is 0.724. The first-order valence-electron chi connectivity index (χ1n) is 8.41. The van der Waals surface area contributed by atoms with Crippen LogP contribution in [0.4, 0.5) is 11.4 Å². The van der Waals surface area contributed by atoms with Crippen molar-refractivity contribution >= 4 is 33.9 Å². The van der Waals surface area contributed by atoms with Crippen LogP contribution in [0.1, 0.15) is 12.6 Å². The van der Waals surface area contributed by atoms with Crippen molar-refractivity contribution in [2.75, 3.05) is 10.3 Å². The Labute approximate surface area is 151 Å². The summed E-state index contributed by atoms with van der Waals surface area (Å²) >= 11 is 0. The van der Waals surface area contributed by atoms with E-state index in [9.17, 15) is 4.79 Å². The molecule has 1 aliphatic heterocycles. The molecule has 0 aliphatic carbocycles. The standard InChI is InChI=1S/C21H18N4O/c1-14-11-12-16-7-6-10-19(20(16)23-14)22-13-18-15(2)24-25(21(18)26)17-8-4-3-5-9-17/h3-13,22H,1-2H3/b18-13-. The number of pyridine rings is 1. The molecule has 2 aromatic carbocycles. The maximum atomic E-state index is 12.7. The summed E-state index contributed by atoms with van der Waals surface area (Å²) < 4.78 is 0. The molecule has 0 atom stereocenters. The highest BCUT2D eigenvalue weighted by Crippen LogP contribution is 2.25. The van der Waals surface area contributed by atoms with Crippen LogP contribution in [0.15, 0.2) is 77.5 Å². The lowest BCUT2D eigenvalue weighted by molar-refractivity contribution is -0.114. The smallest absolute Gasteiger partial charge is 0.282 e. The molecule has 0 spiro atoms. The first-order valence-corrected chi connectivity index (χ1v) is 8.41. The van der Waals surface area contributed by atoms with Gasteiger partial charge in [-0.2, -0.15) is 10.1 Å². The number of nitrogens with one attached hydrogen (secondary N) is 1. The average molecular weight is 342 g/mol. The molecule has 1 N–H and O–H groups in total. The van der Waals surface area contributed by atoms with Gasteiger partial charge in [0.2, 0.25) is 0 Å². The minimum Gasteiger partial charge on any atom is -0.359 e. The number of carbonyl (C=O) groups is 1. The second-order valence-corrected chi connectivity index (χ2v) is 6.17. The molecule has 26 heavy (non-hydrogen) atoms. The first-order chi connectivity index (χ1) is 12.6. The lowest BCUT2D eigenvalue weighted by Crippen LogP contribution is -2.21. The molecule has 5 heteroatoms. The third kappa shape index (κ3) is 2.84. The normalized spacial score (nSPS) is 15.6. The van der Waals surface area contributed by atoms with Crippen molar-refractivity contribution < 1.29 is 4.79 Å². The number of para-hydroxylation sites is 2. The Bertz CT molecular complexity index is 1050. The van der Waals surface area contributed by atoms with Crippen molar-refractivity contribution in [1.82, 2.24) is 4.98 Å². The minimum absolute atomic E-state index is 0.148.